The van der Waals surface area contributed by atoms with Gasteiger partial charge in [-0.3, -0.25) is 9.48 Å². The maximum absolute atomic E-state index is 12.2. The normalized spacial score (nSPS) is 12.8. The first-order valence-electron chi connectivity index (χ1n) is 6.62. The number of halogens is 1. The van der Waals surface area contributed by atoms with Gasteiger partial charge in [-0.2, -0.15) is 5.10 Å². The Hall–Kier alpha value is -0.880. The largest absolute Gasteiger partial charge is 0.347 e. The Labute approximate surface area is 123 Å². The molecule has 0 fully saturated rings. The molecule has 1 unspecified atom stereocenters. The molecule has 6 heteroatoms. The van der Waals surface area contributed by atoms with Crippen LogP contribution in [0.25, 0.3) is 0 Å². The summed E-state index contributed by atoms with van der Waals surface area (Å²) in [5.41, 5.74) is 1.40. The van der Waals surface area contributed by atoms with Gasteiger partial charge >= 0.3 is 0 Å². The second-order valence-electron chi connectivity index (χ2n) is 4.73. The second kappa shape index (κ2) is 7.05. The van der Waals surface area contributed by atoms with E-state index in [4.69, 9.17) is 0 Å². The van der Waals surface area contributed by atoms with Gasteiger partial charge in [0.1, 0.15) is 0 Å². The van der Waals surface area contributed by atoms with E-state index < -0.39 is 0 Å². The van der Waals surface area contributed by atoms with E-state index in [0.717, 1.165) is 29.8 Å². The van der Waals surface area contributed by atoms with Crippen molar-refractivity contribution in [3.63, 3.8) is 0 Å². The number of hydrogen-bond donors (Lipinski definition) is 1. The number of nitrogens with one attached hydrogen (secondary N) is 1. The summed E-state index contributed by atoms with van der Waals surface area (Å²) in [6.07, 6.45) is 0. The smallest absolute Gasteiger partial charge is 0.273 e. The van der Waals surface area contributed by atoms with E-state index in [1.54, 1.807) is 4.68 Å². The highest BCUT2D eigenvalue weighted by Gasteiger charge is 2.19. The van der Waals surface area contributed by atoms with Crippen LogP contribution in [-0.2, 0) is 7.05 Å². The summed E-state index contributed by atoms with van der Waals surface area (Å²) in [5, 5.41) is 7.22. The molecule has 19 heavy (non-hydrogen) atoms. The van der Waals surface area contributed by atoms with Gasteiger partial charge in [0.05, 0.1) is 10.2 Å². The predicted octanol–water partition coefficient (Wildman–Crippen LogP) is 1.95. The van der Waals surface area contributed by atoms with Crippen molar-refractivity contribution < 1.29 is 4.79 Å². The summed E-state index contributed by atoms with van der Waals surface area (Å²) in [6, 6.07) is 0.0987. The molecule has 0 aliphatic rings. The third-order valence-corrected chi connectivity index (χ3v) is 4.23. The highest BCUT2D eigenvalue weighted by Crippen LogP contribution is 2.19. The number of nitrogens with zero attached hydrogens (tertiary/aromatic N) is 3. The fourth-order valence-electron chi connectivity index (χ4n) is 1.93. The SMILES string of the molecule is CCN(CC)CC(C)NC(=O)c1nn(C)c(C)c1Br. The van der Waals surface area contributed by atoms with Crippen LogP contribution in [0, 0.1) is 6.92 Å². The lowest BCUT2D eigenvalue weighted by molar-refractivity contribution is 0.0923. The number of carbonyl (C=O) groups excluding carboxylic acids is 1. The van der Waals surface area contributed by atoms with E-state index in [1.807, 2.05) is 20.9 Å². The van der Waals surface area contributed by atoms with Crippen molar-refractivity contribution in [3.8, 4) is 0 Å². The molecule has 0 spiro atoms. The maximum Gasteiger partial charge on any atom is 0.273 e. The molecule has 0 radical (unpaired) electrons. The molecule has 0 aromatic carbocycles. The second-order valence-corrected chi connectivity index (χ2v) is 5.52. The molecular formula is C13H23BrN4O. The highest BCUT2D eigenvalue weighted by molar-refractivity contribution is 9.10. The molecule has 1 amide bonds. The number of rotatable bonds is 6. The van der Waals surface area contributed by atoms with Crippen LogP contribution in [0.2, 0.25) is 0 Å². The van der Waals surface area contributed by atoms with Crippen molar-refractivity contribution in [1.29, 1.82) is 0 Å². The minimum atomic E-state index is -0.129. The van der Waals surface area contributed by atoms with Gasteiger partial charge in [-0.25, -0.2) is 0 Å². The average Bonchev–Trinajstić information content (AvgIpc) is 2.63. The van der Waals surface area contributed by atoms with E-state index >= 15 is 0 Å². The Morgan fingerprint density at radius 1 is 1.47 bits per heavy atom. The van der Waals surface area contributed by atoms with Gasteiger partial charge in [0.15, 0.2) is 5.69 Å². The minimum absolute atomic E-state index is 0.0987. The summed E-state index contributed by atoms with van der Waals surface area (Å²) in [5.74, 6) is -0.129. The number of carbonyl (C=O) groups is 1. The van der Waals surface area contributed by atoms with E-state index in [2.05, 4.69) is 45.1 Å². The molecule has 0 saturated carbocycles. The van der Waals surface area contributed by atoms with Crippen molar-refractivity contribution in [1.82, 2.24) is 20.0 Å². The fourth-order valence-corrected chi connectivity index (χ4v) is 2.45. The van der Waals surface area contributed by atoms with E-state index in [0.29, 0.717) is 5.69 Å². The zero-order valence-corrected chi connectivity index (χ0v) is 13.9. The lowest BCUT2D eigenvalue weighted by Crippen LogP contribution is -2.42. The van der Waals surface area contributed by atoms with Crippen LogP contribution in [-0.4, -0.2) is 46.3 Å². The Bertz CT molecular complexity index is 440. The Kier molecular flexibility index (Phi) is 6.00. The van der Waals surface area contributed by atoms with Gasteiger partial charge in [0, 0.05) is 19.6 Å². The summed E-state index contributed by atoms with van der Waals surface area (Å²) >= 11 is 3.42. The van der Waals surface area contributed by atoms with Crippen LogP contribution in [0.4, 0.5) is 0 Å². The monoisotopic (exact) mass is 330 g/mol. The van der Waals surface area contributed by atoms with E-state index in [9.17, 15) is 4.79 Å². The molecule has 0 bridgehead atoms. The quantitative estimate of drug-likeness (QED) is 0.867. The van der Waals surface area contributed by atoms with Crippen molar-refractivity contribution in [2.24, 2.45) is 7.05 Å². The van der Waals surface area contributed by atoms with Gasteiger partial charge in [-0.05, 0) is 42.9 Å². The van der Waals surface area contributed by atoms with Gasteiger partial charge in [-0.15, -0.1) is 0 Å². The molecule has 5 nitrogen and oxygen atoms in total. The van der Waals surface area contributed by atoms with E-state index in [1.165, 1.54) is 0 Å². The Morgan fingerprint density at radius 3 is 2.47 bits per heavy atom. The summed E-state index contributed by atoms with van der Waals surface area (Å²) < 4.78 is 2.47. The predicted molar refractivity (Wildman–Crippen MR) is 80.4 cm³/mol. The van der Waals surface area contributed by atoms with Crippen LogP contribution in [0.15, 0.2) is 4.47 Å². The first-order valence-corrected chi connectivity index (χ1v) is 7.42. The minimum Gasteiger partial charge on any atom is -0.347 e. The van der Waals surface area contributed by atoms with Crippen LogP contribution in [0.3, 0.4) is 0 Å². The zero-order chi connectivity index (χ0) is 14.6. The van der Waals surface area contributed by atoms with Crippen LogP contribution in [0.1, 0.15) is 37.0 Å². The highest BCUT2D eigenvalue weighted by atomic mass is 79.9. The third kappa shape index (κ3) is 4.04. The molecule has 0 aliphatic heterocycles. The molecule has 1 N–H and O–H groups in total. The number of amides is 1. The summed E-state index contributed by atoms with van der Waals surface area (Å²) in [6.45, 7) is 11.0. The molecule has 1 aromatic rings. The molecule has 0 aliphatic carbocycles. The van der Waals surface area contributed by atoms with Crippen molar-refractivity contribution in [2.45, 2.75) is 33.7 Å². The number of likely N-dealkylation sites (N-methyl/N-ethyl adjacent to an activating group) is 1. The first kappa shape index (κ1) is 16.2. The molecule has 108 valence electrons. The Balaban J connectivity index is 2.66. The topological polar surface area (TPSA) is 50.2 Å². The average molecular weight is 331 g/mol. The number of aromatic nitrogens is 2. The lowest BCUT2D eigenvalue weighted by Gasteiger charge is -2.23. The van der Waals surface area contributed by atoms with Gasteiger partial charge in [-0.1, -0.05) is 13.8 Å². The zero-order valence-electron chi connectivity index (χ0n) is 12.3. The maximum atomic E-state index is 12.2. The summed E-state index contributed by atoms with van der Waals surface area (Å²) in [4.78, 5) is 14.4. The number of aryl methyl sites for hydroxylation is 1. The van der Waals surface area contributed by atoms with Gasteiger partial charge < -0.3 is 10.2 Å². The fraction of sp³-hybridized carbons (Fsp3) is 0.692. The molecule has 1 aromatic heterocycles. The third-order valence-electron chi connectivity index (χ3n) is 3.28. The molecule has 1 atom stereocenters. The van der Waals surface area contributed by atoms with Gasteiger partial charge in [0.25, 0.3) is 5.91 Å². The van der Waals surface area contributed by atoms with Crippen molar-refractivity contribution in [2.75, 3.05) is 19.6 Å². The molecule has 1 rings (SSSR count). The Morgan fingerprint density at radius 2 is 2.05 bits per heavy atom. The van der Waals surface area contributed by atoms with E-state index in [-0.39, 0.29) is 11.9 Å². The lowest BCUT2D eigenvalue weighted by atomic mass is 10.2. The van der Waals surface area contributed by atoms with Crippen LogP contribution in [0.5, 0.6) is 0 Å². The van der Waals surface area contributed by atoms with Crippen LogP contribution >= 0.6 is 15.9 Å². The summed E-state index contributed by atoms with van der Waals surface area (Å²) in [7, 11) is 1.83. The first-order chi connectivity index (χ1) is 8.90. The molecular weight excluding hydrogens is 308 g/mol. The van der Waals surface area contributed by atoms with Crippen LogP contribution < -0.4 is 5.32 Å². The standard InChI is InChI=1S/C13H23BrN4O/c1-6-18(7-2)8-9(3)15-13(19)12-11(14)10(4)17(5)16-12/h9H,6-8H2,1-5H3,(H,15,19). The van der Waals surface area contributed by atoms with Crippen molar-refractivity contribution in [3.05, 3.63) is 15.9 Å². The molecule has 0 saturated heterocycles. The number of hydrogen-bond acceptors (Lipinski definition) is 3. The van der Waals surface area contributed by atoms with Gasteiger partial charge in [0.2, 0.25) is 0 Å². The van der Waals surface area contributed by atoms with Crippen molar-refractivity contribution >= 4 is 21.8 Å². The molecule has 1 heterocycles.